The van der Waals surface area contributed by atoms with Gasteiger partial charge in [-0.2, -0.15) is 0 Å². The zero-order valence-corrected chi connectivity index (χ0v) is 27.3. The largest absolute Gasteiger partial charge is 0.436 e. The Hall–Kier alpha value is 1.02. The number of hydrogen-bond donors (Lipinski definition) is 0. The molecule has 0 spiro atoms. The molecule has 0 fully saturated rings. The minimum Gasteiger partial charge on any atom is -0.436 e. The van der Waals surface area contributed by atoms with Crippen LogP contribution in [0.3, 0.4) is 0 Å². The van der Waals surface area contributed by atoms with E-state index in [0.717, 1.165) is 0 Å². The predicted octanol–water partition coefficient (Wildman–Crippen LogP) is 5.49. The molecule has 7 nitrogen and oxygen atoms in total. The SMILES string of the molecule is C[Si](C)(C)O[Si](C)(C)OCO[Si](C)(C)O[Si](C)(C)OCO[Si](C)(C)O[Si](C)(C)C. The molecule has 0 saturated carbocycles. The summed E-state index contributed by atoms with van der Waals surface area (Å²) in [7, 11) is -12.5. The standard InChI is InChI=1S/C16H46O7Si6/c1-24(2,3)21-26(7,8)17-15-19-28(11,12)23-29(13,14)20-16-18-27(9,10)22-25(4,5)6/h15-16H2,1-14H3. The smallest absolute Gasteiger partial charge is 0.324 e. The van der Waals surface area contributed by atoms with Gasteiger partial charge < -0.3 is 30.0 Å². The monoisotopic (exact) mass is 518 g/mol. The third-order valence-corrected chi connectivity index (χ3v) is 19.2. The predicted molar refractivity (Wildman–Crippen MR) is 134 cm³/mol. The van der Waals surface area contributed by atoms with E-state index < -0.39 is 50.9 Å². The maximum atomic E-state index is 6.30. The van der Waals surface area contributed by atoms with Crippen molar-refractivity contribution in [2.24, 2.45) is 0 Å². The quantitative estimate of drug-likeness (QED) is 0.222. The van der Waals surface area contributed by atoms with Crippen LogP contribution in [-0.4, -0.2) is 64.5 Å². The van der Waals surface area contributed by atoms with Crippen LogP contribution in [0, 0.1) is 0 Å². The zero-order valence-electron chi connectivity index (χ0n) is 21.3. The van der Waals surface area contributed by atoms with Crippen LogP contribution in [-0.2, 0) is 30.0 Å². The molecule has 0 aromatic carbocycles. The summed E-state index contributed by atoms with van der Waals surface area (Å²) in [5, 5.41) is 0. The molecule has 0 aromatic heterocycles. The van der Waals surface area contributed by atoms with E-state index in [1.165, 1.54) is 0 Å². The molecular formula is C16H46O7Si6. The van der Waals surface area contributed by atoms with Crippen LogP contribution < -0.4 is 0 Å². The Labute approximate surface area is 186 Å². The van der Waals surface area contributed by atoms with Gasteiger partial charge in [0.1, 0.15) is 13.6 Å². The molecule has 0 saturated heterocycles. The molecule has 0 N–H and O–H groups in total. The fourth-order valence-corrected chi connectivity index (χ4v) is 21.9. The lowest BCUT2D eigenvalue weighted by molar-refractivity contribution is 0.0485. The Morgan fingerprint density at radius 3 is 0.759 bits per heavy atom. The van der Waals surface area contributed by atoms with Crippen LogP contribution in [0.25, 0.3) is 0 Å². The zero-order chi connectivity index (χ0) is 23.4. The van der Waals surface area contributed by atoms with Crippen LogP contribution in [0.15, 0.2) is 0 Å². The first-order chi connectivity index (χ1) is 12.5. The van der Waals surface area contributed by atoms with E-state index in [-0.39, 0.29) is 13.6 Å². The van der Waals surface area contributed by atoms with Crippen LogP contribution in [0.5, 0.6) is 0 Å². The Morgan fingerprint density at radius 1 is 0.345 bits per heavy atom. The van der Waals surface area contributed by atoms with Crippen molar-refractivity contribution in [3.8, 4) is 0 Å². The van der Waals surface area contributed by atoms with Crippen LogP contribution in [0.1, 0.15) is 0 Å². The highest BCUT2D eigenvalue weighted by Crippen LogP contribution is 2.21. The van der Waals surface area contributed by atoms with Crippen LogP contribution >= 0.6 is 0 Å². The van der Waals surface area contributed by atoms with Crippen molar-refractivity contribution in [2.75, 3.05) is 13.6 Å². The molecule has 0 aromatic rings. The van der Waals surface area contributed by atoms with Gasteiger partial charge >= 0.3 is 34.2 Å². The van der Waals surface area contributed by atoms with E-state index in [9.17, 15) is 0 Å². The molecule has 0 radical (unpaired) electrons. The fourth-order valence-electron chi connectivity index (χ4n) is 2.81. The summed E-state index contributed by atoms with van der Waals surface area (Å²) >= 11 is 0. The van der Waals surface area contributed by atoms with Gasteiger partial charge in [0, 0.05) is 0 Å². The molecule has 0 atom stereocenters. The minimum absolute atomic E-state index is 0.188. The van der Waals surface area contributed by atoms with Crippen molar-refractivity contribution < 1.29 is 30.0 Å². The van der Waals surface area contributed by atoms with Gasteiger partial charge in [-0.15, -0.1) is 0 Å². The number of hydrogen-bond acceptors (Lipinski definition) is 7. The molecule has 13 heteroatoms. The van der Waals surface area contributed by atoms with Crippen molar-refractivity contribution in [3.05, 3.63) is 0 Å². The Bertz CT molecular complexity index is 457. The van der Waals surface area contributed by atoms with Gasteiger partial charge in [-0.1, -0.05) is 0 Å². The van der Waals surface area contributed by atoms with Gasteiger partial charge in [0.05, 0.1) is 0 Å². The second kappa shape index (κ2) is 10.8. The normalized spacial score (nSPS) is 15.1. The molecule has 0 aliphatic carbocycles. The molecule has 176 valence electrons. The van der Waals surface area contributed by atoms with E-state index in [1.54, 1.807) is 0 Å². The van der Waals surface area contributed by atoms with E-state index in [0.29, 0.717) is 0 Å². The van der Waals surface area contributed by atoms with E-state index in [1.807, 2.05) is 26.2 Å². The summed E-state index contributed by atoms with van der Waals surface area (Å²) in [6.45, 7) is 29.6. The van der Waals surface area contributed by atoms with Crippen molar-refractivity contribution >= 4 is 50.9 Å². The van der Waals surface area contributed by atoms with Crippen LogP contribution in [0.2, 0.25) is 91.7 Å². The molecule has 0 amide bonds. The Morgan fingerprint density at radius 2 is 0.552 bits per heavy atom. The van der Waals surface area contributed by atoms with Gasteiger partial charge in [-0.05, 0) is 91.7 Å². The first kappa shape index (κ1) is 30.0. The topological polar surface area (TPSA) is 64.6 Å². The average molecular weight is 519 g/mol. The van der Waals surface area contributed by atoms with Gasteiger partial charge in [0.15, 0.2) is 16.6 Å². The first-order valence-electron chi connectivity index (χ1n) is 10.2. The van der Waals surface area contributed by atoms with Gasteiger partial charge in [0.2, 0.25) is 0 Å². The van der Waals surface area contributed by atoms with E-state index in [2.05, 4.69) is 65.5 Å². The summed E-state index contributed by atoms with van der Waals surface area (Å²) in [6, 6.07) is 0. The molecule has 0 heterocycles. The molecule has 0 bridgehead atoms. The average Bonchev–Trinajstić information content (AvgIpc) is 2.28. The third kappa shape index (κ3) is 17.3. The van der Waals surface area contributed by atoms with Crippen molar-refractivity contribution in [1.82, 2.24) is 0 Å². The second-order valence-corrected chi connectivity index (χ2v) is 34.2. The Kier molecular flexibility index (Phi) is 11.1. The summed E-state index contributed by atoms with van der Waals surface area (Å²) in [4.78, 5) is 0. The molecule has 0 aliphatic rings. The van der Waals surface area contributed by atoms with Gasteiger partial charge in [-0.3, -0.25) is 0 Å². The van der Waals surface area contributed by atoms with Crippen molar-refractivity contribution in [1.29, 1.82) is 0 Å². The summed E-state index contributed by atoms with van der Waals surface area (Å²) in [6.07, 6.45) is 0. The summed E-state index contributed by atoms with van der Waals surface area (Å²) < 4.78 is 42.5. The number of rotatable bonds is 14. The lowest BCUT2D eigenvalue weighted by atomic mass is 11.6. The lowest BCUT2D eigenvalue weighted by Crippen LogP contribution is -2.51. The maximum Gasteiger partial charge on any atom is 0.324 e. The first-order valence-corrected chi connectivity index (χ1v) is 28.3. The van der Waals surface area contributed by atoms with Crippen molar-refractivity contribution in [3.63, 3.8) is 0 Å². The van der Waals surface area contributed by atoms with E-state index in [4.69, 9.17) is 30.0 Å². The lowest BCUT2D eigenvalue weighted by Gasteiger charge is -2.35. The summed E-state index contributed by atoms with van der Waals surface area (Å²) in [5.74, 6) is 0. The highest BCUT2D eigenvalue weighted by molar-refractivity contribution is 6.82. The molecule has 0 unspecified atom stereocenters. The maximum absolute atomic E-state index is 6.30. The Balaban J connectivity index is 4.51. The molecule has 0 aliphatic heterocycles. The van der Waals surface area contributed by atoms with Gasteiger partial charge in [0.25, 0.3) is 0 Å². The minimum atomic E-state index is -2.41. The second-order valence-electron chi connectivity index (χ2n) is 10.9. The van der Waals surface area contributed by atoms with Gasteiger partial charge in [-0.25, -0.2) is 0 Å². The highest BCUT2D eigenvalue weighted by Gasteiger charge is 2.39. The highest BCUT2D eigenvalue weighted by atomic mass is 28.5. The molecule has 29 heavy (non-hydrogen) atoms. The molecule has 0 rings (SSSR count). The van der Waals surface area contributed by atoms with E-state index >= 15 is 0 Å². The van der Waals surface area contributed by atoms with Crippen molar-refractivity contribution in [2.45, 2.75) is 91.7 Å². The summed E-state index contributed by atoms with van der Waals surface area (Å²) in [5.41, 5.74) is 0. The fraction of sp³-hybridized carbons (Fsp3) is 1.00. The third-order valence-electron chi connectivity index (χ3n) is 3.22. The molecular weight excluding hydrogens is 473 g/mol. The van der Waals surface area contributed by atoms with Crippen LogP contribution in [0.4, 0.5) is 0 Å².